The number of fused-ring (bicyclic) bond motifs is 8. The van der Waals surface area contributed by atoms with E-state index in [4.69, 9.17) is 0 Å². The van der Waals surface area contributed by atoms with Crippen LogP contribution in [0.3, 0.4) is 0 Å². The predicted octanol–water partition coefficient (Wildman–Crippen LogP) is 10.8. The summed E-state index contributed by atoms with van der Waals surface area (Å²) in [5, 5.41) is 1.37. The smallest absolute Gasteiger partial charge is 0.264 e. The number of aryl methyl sites for hydroxylation is 4. The molecule has 2 nitrogen and oxygen atoms in total. The van der Waals surface area contributed by atoms with Crippen LogP contribution in [0, 0.1) is 13.8 Å². The van der Waals surface area contributed by atoms with Gasteiger partial charge in [0, 0.05) is 37.6 Å². The summed E-state index contributed by atoms with van der Waals surface area (Å²) < 4.78 is 2.83. The number of thiophene rings is 1. The number of anilines is 6. The molecule has 0 bridgehead atoms. The first-order chi connectivity index (χ1) is 25.2. The molecule has 252 valence electrons. The Morgan fingerprint density at radius 3 is 1.98 bits per heavy atom. The van der Waals surface area contributed by atoms with Crippen molar-refractivity contribution in [2.75, 3.05) is 9.80 Å². The molecule has 0 unspecified atom stereocenters. The first kappa shape index (κ1) is 30.6. The summed E-state index contributed by atoms with van der Waals surface area (Å²) >= 11 is 2.01. The molecule has 0 spiro atoms. The van der Waals surface area contributed by atoms with Gasteiger partial charge < -0.3 is 9.80 Å². The highest BCUT2D eigenvalue weighted by Gasteiger charge is 2.47. The molecule has 3 heterocycles. The number of hydrogen-bond donors (Lipinski definition) is 0. The fourth-order valence-electron chi connectivity index (χ4n) is 9.48. The lowest BCUT2D eigenvalue weighted by Gasteiger charge is -2.46. The number of hydrogen-bond acceptors (Lipinski definition) is 3. The third kappa shape index (κ3) is 4.25. The second kappa shape index (κ2) is 10.7. The van der Waals surface area contributed by atoms with E-state index in [9.17, 15) is 0 Å². The largest absolute Gasteiger partial charge is 0.311 e. The Labute approximate surface area is 311 Å². The Kier molecular flexibility index (Phi) is 6.31. The molecular formula is C48H41BN2S. The Morgan fingerprint density at radius 1 is 0.596 bits per heavy atom. The Hall–Kier alpha value is -5.06. The van der Waals surface area contributed by atoms with E-state index in [-0.39, 0.29) is 12.1 Å². The molecule has 7 aromatic rings. The monoisotopic (exact) mass is 688 g/mol. The molecule has 2 aliphatic heterocycles. The van der Waals surface area contributed by atoms with Crippen molar-refractivity contribution in [1.29, 1.82) is 0 Å². The van der Waals surface area contributed by atoms with E-state index in [1.54, 1.807) is 22.3 Å². The summed E-state index contributed by atoms with van der Waals surface area (Å²) in [5.74, 6) is 0. The summed E-state index contributed by atoms with van der Waals surface area (Å²) in [5.41, 5.74) is 23.8. The zero-order valence-corrected chi connectivity index (χ0v) is 31.4. The molecule has 6 aromatic carbocycles. The second-order valence-electron chi connectivity index (χ2n) is 16.6. The third-order valence-electron chi connectivity index (χ3n) is 12.3. The molecule has 4 aliphatic rings. The van der Waals surface area contributed by atoms with Gasteiger partial charge >= 0.3 is 0 Å². The van der Waals surface area contributed by atoms with E-state index >= 15 is 0 Å². The first-order valence-electron chi connectivity index (χ1n) is 19.0. The van der Waals surface area contributed by atoms with E-state index in [0.717, 1.165) is 12.8 Å². The van der Waals surface area contributed by atoms with Gasteiger partial charge in [-0.3, -0.25) is 0 Å². The number of nitrogens with zero attached hydrogens (tertiary/aromatic N) is 2. The van der Waals surface area contributed by atoms with Crippen LogP contribution >= 0.6 is 11.3 Å². The van der Waals surface area contributed by atoms with Crippen LogP contribution in [0.25, 0.3) is 21.2 Å². The van der Waals surface area contributed by atoms with E-state index in [0.29, 0.717) is 0 Å². The highest BCUT2D eigenvalue weighted by Crippen LogP contribution is 2.53. The van der Waals surface area contributed by atoms with Crippen LogP contribution in [0.15, 0.2) is 109 Å². The van der Waals surface area contributed by atoms with Gasteiger partial charge in [-0.15, -0.1) is 11.3 Å². The van der Waals surface area contributed by atoms with Crippen molar-refractivity contribution >= 4 is 78.0 Å². The Bertz CT molecular complexity index is 2610. The van der Waals surface area contributed by atoms with E-state index in [1.165, 1.54) is 101 Å². The minimum Gasteiger partial charge on any atom is -0.311 e. The fraction of sp³-hybridized carbons (Fsp3) is 0.208. The van der Waals surface area contributed by atoms with Gasteiger partial charge in [-0.25, -0.2) is 0 Å². The summed E-state index contributed by atoms with van der Waals surface area (Å²) in [4.78, 5) is 5.33. The lowest BCUT2D eigenvalue weighted by Crippen LogP contribution is -2.60. The maximum atomic E-state index is 2.77. The van der Waals surface area contributed by atoms with Gasteiger partial charge in [0.25, 0.3) is 6.71 Å². The van der Waals surface area contributed by atoms with Crippen molar-refractivity contribution in [3.8, 4) is 11.1 Å². The zero-order valence-electron chi connectivity index (χ0n) is 30.6. The fourth-order valence-corrected chi connectivity index (χ4v) is 10.8. The molecule has 0 fully saturated rings. The van der Waals surface area contributed by atoms with Gasteiger partial charge in [0.05, 0.1) is 11.4 Å². The highest BCUT2D eigenvalue weighted by molar-refractivity contribution is 7.33. The first-order valence-corrected chi connectivity index (χ1v) is 19.8. The Balaban J connectivity index is 1.24. The maximum absolute atomic E-state index is 2.77. The van der Waals surface area contributed by atoms with Gasteiger partial charge in [0.1, 0.15) is 0 Å². The van der Waals surface area contributed by atoms with Gasteiger partial charge in [0.2, 0.25) is 0 Å². The summed E-state index contributed by atoms with van der Waals surface area (Å²) in [6.07, 6.45) is 4.70. The van der Waals surface area contributed by atoms with Crippen molar-refractivity contribution in [1.82, 2.24) is 0 Å². The Morgan fingerprint density at radius 2 is 1.31 bits per heavy atom. The molecule has 11 rings (SSSR count). The number of rotatable bonds is 3. The standard InChI is InChI=1S/C48H41BN2S/c1-28-11-21-40-39(23-28)49-44-41(50(40)35-17-15-34(16-18-35)48(3,4)5)24-29(2)25-42(44)51(45-36-19-12-32(36)26-33-13-20-37(33)45)46-38-27-31(30-9-7-6-8-10-30)14-22-43(38)52-47(46)49/h6-11,14-18,21-27H,12-13,19-20H2,1-5H3. The van der Waals surface area contributed by atoms with E-state index in [2.05, 4.69) is 154 Å². The zero-order chi connectivity index (χ0) is 35.0. The molecule has 0 N–H and O–H groups in total. The lowest BCUT2D eigenvalue weighted by molar-refractivity contribution is 0.590. The third-order valence-corrected chi connectivity index (χ3v) is 13.5. The quantitative estimate of drug-likeness (QED) is 0.171. The molecule has 0 amide bonds. The van der Waals surface area contributed by atoms with Crippen molar-refractivity contribution in [2.45, 2.75) is 65.7 Å². The summed E-state index contributed by atoms with van der Waals surface area (Å²) in [6.45, 7) is 11.6. The van der Waals surface area contributed by atoms with Gasteiger partial charge in [-0.05, 0) is 143 Å². The molecule has 0 saturated carbocycles. The van der Waals surface area contributed by atoms with Crippen LogP contribution in [-0.2, 0) is 31.1 Å². The molecular weight excluding hydrogens is 647 g/mol. The highest BCUT2D eigenvalue weighted by atomic mass is 32.1. The molecule has 1 aromatic heterocycles. The maximum Gasteiger partial charge on any atom is 0.264 e. The van der Waals surface area contributed by atoms with Crippen molar-refractivity contribution in [3.05, 3.63) is 148 Å². The van der Waals surface area contributed by atoms with Crippen LogP contribution in [0.5, 0.6) is 0 Å². The second-order valence-corrected chi connectivity index (χ2v) is 17.7. The van der Waals surface area contributed by atoms with Crippen LogP contribution in [0.2, 0.25) is 0 Å². The molecule has 0 saturated heterocycles. The van der Waals surface area contributed by atoms with E-state index in [1.807, 2.05) is 11.3 Å². The predicted molar refractivity (Wildman–Crippen MR) is 224 cm³/mol. The molecule has 52 heavy (non-hydrogen) atoms. The van der Waals surface area contributed by atoms with Gasteiger partial charge in [0.15, 0.2) is 0 Å². The average Bonchev–Trinajstić information content (AvgIpc) is 3.48. The number of benzene rings is 6. The average molecular weight is 689 g/mol. The molecule has 0 radical (unpaired) electrons. The molecule has 4 heteroatoms. The SMILES string of the molecule is Cc1ccc2c(c1)B1c3sc4ccc(-c5ccccc5)cc4c3N(c3c4c(cc5c3CC5)CC4)c3cc(C)cc(c31)N2c1ccc(C(C)(C)C)cc1. The minimum absolute atomic E-state index is 0.0975. The van der Waals surface area contributed by atoms with Crippen LogP contribution in [0.1, 0.15) is 59.7 Å². The van der Waals surface area contributed by atoms with Crippen LogP contribution in [0.4, 0.5) is 34.1 Å². The van der Waals surface area contributed by atoms with E-state index < -0.39 is 0 Å². The van der Waals surface area contributed by atoms with Gasteiger partial charge in [-0.2, -0.15) is 0 Å². The van der Waals surface area contributed by atoms with Crippen molar-refractivity contribution < 1.29 is 0 Å². The van der Waals surface area contributed by atoms with Crippen molar-refractivity contribution in [2.24, 2.45) is 0 Å². The van der Waals surface area contributed by atoms with Crippen molar-refractivity contribution in [3.63, 3.8) is 0 Å². The van der Waals surface area contributed by atoms with Crippen LogP contribution in [-0.4, -0.2) is 6.71 Å². The topological polar surface area (TPSA) is 6.48 Å². The lowest BCUT2D eigenvalue weighted by atomic mass is 9.36. The summed E-state index contributed by atoms with van der Waals surface area (Å²) in [7, 11) is 0. The van der Waals surface area contributed by atoms with Crippen LogP contribution < -0.4 is 25.5 Å². The van der Waals surface area contributed by atoms with Gasteiger partial charge in [-0.1, -0.05) is 93.1 Å². The summed E-state index contributed by atoms with van der Waals surface area (Å²) in [6, 6.07) is 42.1. The minimum atomic E-state index is 0.0975. The molecule has 2 aliphatic carbocycles. The normalized spacial score (nSPS) is 15.0. The molecule has 0 atom stereocenters.